The largest absolute Gasteiger partial charge is 0.380 e. The first-order valence-electron chi connectivity index (χ1n) is 7.17. The van der Waals surface area contributed by atoms with Gasteiger partial charge in [-0.15, -0.1) is 0 Å². The fraction of sp³-hybridized carbons (Fsp3) is 0.857. The molecule has 2 amide bonds. The van der Waals surface area contributed by atoms with Crippen LogP contribution >= 0.6 is 0 Å². The number of rotatable bonds is 7. The maximum absolute atomic E-state index is 12.2. The number of amides is 2. The lowest BCUT2D eigenvalue weighted by Crippen LogP contribution is -2.69. The van der Waals surface area contributed by atoms with Gasteiger partial charge in [-0.3, -0.25) is 9.59 Å². The Kier molecular flexibility index (Phi) is 5.79. The van der Waals surface area contributed by atoms with Crippen LogP contribution in [0.5, 0.6) is 0 Å². The molecule has 1 heterocycles. The van der Waals surface area contributed by atoms with Crippen LogP contribution in [0.4, 0.5) is 0 Å². The van der Waals surface area contributed by atoms with Crippen LogP contribution in [-0.2, 0) is 14.3 Å². The number of hydrogen-bond donors (Lipinski definition) is 1. The van der Waals surface area contributed by atoms with Crippen molar-refractivity contribution in [2.75, 3.05) is 19.8 Å². The van der Waals surface area contributed by atoms with Gasteiger partial charge in [0.15, 0.2) is 0 Å². The predicted molar refractivity (Wildman–Crippen MR) is 73.7 cm³/mol. The Labute approximate surface area is 115 Å². The average Bonchev–Trinajstić information content (AvgIpc) is 2.39. The third-order valence-corrected chi connectivity index (χ3v) is 3.86. The summed E-state index contributed by atoms with van der Waals surface area (Å²) in [7, 11) is 0. The van der Waals surface area contributed by atoms with Crippen LogP contribution in [0.3, 0.4) is 0 Å². The number of carbonyl (C=O) groups is 2. The topological polar surface area (TPSA) is 58.6 Å². The van der Waals surface area contributed by atoms with E-state index in [9.17, 15) is 9.59 Å². The lowest BCUT2D eigenvalue weighted by atomic mass is 9.91. The molecule has 1 rings (SSSR count). The third-order valence-electron chi connectivity index (χ3n) is 3.86. The number of nitrogens with zero attached hydrogens (tertiary/aromatic N) is 1. The fourth-order valence-corrected chi connectivity index (χ4v) is 2.23. The normalized spacial score (nSPS) is 27.6. The van der Waals surface area contributed by atoms with Gasteiger partial charge < -0.3 is 15.0 Å². The highest BCUT2D eigenvalue weighted by atomic mass is 16.5. The van der Waals surface area contributed by atoms with Crippen molar-refractivity contribution in [3.05, 3.63) is 0 Å². The van der Waals surface area contributed by atoms with Gasteiger partial charge in [0.1, 0.15) is 11.6 Å². The lowest BCUT2D eigenvalue weighted by Gasteiger charge is -2.45. The van der Waals surface area contributed by atoms with Crippen molar-refractivity contribution in [2.45, 2.75) is 58.5 Å². The van der Waals surface area contributed by atoms with Crippen LogP contribution in [0, 0.1) is 0 Å². The highest BCUT2D eigenvalue weighted by Crippen LogP contribution is 2.24. The number of unbranched alkanes of at least 4 members (excludes halogenated alkanes) is 1. The zero-order chi connectivity index (χ0) is 14.5. The molecular weight excluding hydrogens is 244 g/mol. The highest BCUT2D eigenvalue weighted by molar-refractivity contribution is 5.99. The molecule has 2 unspecified atom stereocenters. The summed E-state index contributed by atoms with van der Waals surface area (Å²) < 4.78 is 5.51. The molecule has 0 bridgehead atoms. The molecule has 5 nitrogen and oxygen atoms in total. The van der Waals surface area contributed by atoms with Gasteiger partial charge in [-0.25, -0.2) is 0 Å². The molecule has 110 valence electrons. The van der Waals surface area contributed by atoms with Crippen LogP contribution in [0.25, 0.3) is 0 Å². The summed E-state index contributed by atoms with van der Waals surface area (Å²) in [6.07, 6.45) is 2.72. The number of piperazine rings is 1. The van der Waals surface area contributed by atoms with E-state index in [1.54, 1.807) is 11.8 Å². The molecule has 1 N–H and O–H groups in total. The molecule has 1 aliphatic rings. The van der Waals surface area contributed by atoms with E-state index >= 15 is 0 Å². The van der Waals surface area contributed by atoms with Crippen LogP contribution in [0.15, 0.2) is 0 Å². The van der Waals surface area contributed by atoms with Crippen LogP contribution in [-0.4, -0.2) is 48.1 Å². The zero-order valence-electron chi connectivity index (χ0n) is 12.5. The Hall–Kier alpha value is -1.10. The molecule has 1 aliphatic heterocycles. The second-order valence-electron chi connectivity index (χ2n) is 5.28. The second kappa shape index (κ2) is 6.89. The summed E-state index contributed by atoms with van der Waals surface area (Å²) in [5.41, 5.74) is -0.752. The Morgan fingerprint density at radius 3 is 2.58 bits per heavy atom. The summed E-state index contributed by atoms with van der Waals surface area (Å²) in [5.74, 6) is -0.0984. The first-order chi connectivity index (χ1) is 8.97. The molecule has 19 heavy (non-hydrogen) atoms. The Bertz CT molecular complexity index is 333. The number of nitrogens with one attached hydrogen (secondary N) is 1. The molecule has 0 aromatic rings. The monoisotopic (exact) mass is 270 g/mol. The van der Waals surface area contributed by atoms with Gasteiger partial charge in [0.2, 0.25) is 11.8 Å². The summed E-state index contributed by atoms with van der Waals surface area (Å²) >= 11 is 0. The van der Waals surface area contributed by atoms with Gasteiger partial charge in [-0.05, 0) is 26.7 Å². The van der Waals surface area contributed by atoms with Gasteiger partial charge in [0.25, 0.3) is 0 Å². The number of hydrogen-bond acceptors (Lipinski definition) is 3. The fourth-order valence-electron chi connectivity index (χ4n) is 2.23. The molecule has 0 aliphatic carbocycles. The SMILES string of the molecule is CCCCOCCN1C(=O)C(C)NC(=O)C1(C)CC. The number of carbonyl (C=O) groups excluding carboxylic acids is 2. The first kappa shape index (κ1) is 16.0. The molecule has 2 atom stereocenters. The minimum absolute atomic E-state index is 0.0250. The van der Waals surface area contributed by atoms with E-state index in [-0.39, 0.29) is 11.8 Å². The van der Waals surface area contributed by atoms with Crippen molar-refractivity contribution in [3.63, 3.8) is 0 Å². The average molecular weight is 270 g/mol. The van der Waals surface area contributed by atoms with Crippen LogP contribution in [0.1, 0.15) is 47.0 Å². The van der Waals surface area contributed by atoms with E-state index in [0.29, 0.717) is 26.2 Å². The van der Waals surface area contributed by atoms with Gasteiger partial charge in [0, 0.05) is 13.2 Å². The van der Waals surface area contributed by atoms with E-state index in [2.05, 4.69) is 12.2 Å². The molecule has 0 radical (unpaired) electrons. The maximum Gasteiger partial charge on any atom is 0.246 e. The second-order valence-corrected chi connectivity index (χ2v) is 5.28. The molecule has 0 aromatic heterocycles. The minimum Gasteiger partial charge on any atom is -0.380 e. The van der Waals surface area contributed by atoms with Crippen molar-refractivity contribution < 1.29 is 14.3 Å². The van der Waals surface area contributed by atoms with Gasteiger partial charge in [-0.1, -0.05) is 20.3 Å². The first-order valence-corrected chi connectivity index (χ1v) is 7.17. The van der Waals surface area contributed by atoms with Gasteiger partial charge in [-0.2, -0.15) is 0 Å². The summed E-state index contributed by atoms with van der Waals surface area (Å²) in [6.45, 7) is 9.25. The van der Waals surface area contributed by atoms with Crippen molar-refractivity contribution >= 4 is 11.8 Å². The third kappa shape index (κ3) is 3.47. The molecule has 1 saturated heterocycles. The molecule has 1 fully saturated rings. The Balaban J connectivity index is 2.63. The van der Waals surface area contributed by atoms with E-state index in [1.165, 1.54) is 0 Å². The van der Waals surface area contributed by atoms with E-state index < -0.39 is 11.6 Å². The van der Waals surface area contributed by atoms with Gasteiger partial charge in [0.05, 0.1) is 6.61 Å². The lowest BCUT2D eigenvalue weighted by molar-refractivity contribution is -0.157. The minimum atomic E-state index is -0.752. The highest BCUT2D eigenvalue weighted by Gasteiger charge is 2.46. The molecule has 0 saturated carbocycles. The van der Waals surface area contributed by atoms with E-state index in [4.69, 9.17) is 4.74 Å². The molecular formula is C14H26N2O3. The maximum atomic E-state index is 12.2. The van der Waals surface area contributed by atoms with Crippen LogP contribution in [0.2, 0.25) is 0 Å². The van der Waals surface area contributed by atoms with E-state index in [1.807, 2.05) is 13.8 Å². The zero-order valence-corrected chi connectivity index (χ0v) is 12.5. The van der Waals surface area contributed by atoms with E-state index in [0.717, 1.165) is 12.8 Å². The summed E-state index contributed by atoms with van der Waals surface area (Å²) in [6, 6.07) is -0.442. The van der Waals surface area contributed by atoms with Gasteiger partial charge >= 0.3 is 0 Å². The molecule has 0 aromatic carbocycles. The smallest absolute Gasteiger partial charge is 0.246 e. The van der Waals surface area contributed by atoms with Crippen molar-refractivity contribution in [1.29, 1.82) is 0 Å². The number of ether oxygens (including phenoxy) is 1. The van der Waals surface area contributed by atoms with Crippen molar-refractivity contribution in [1.82, 2.24) is 10.2 Å². The predicted octanol–water partition coefficient (Wildman–Crippen LogP) is 1.32. The van der Waals surface area contributed by atoms with Crippen molar-refractivity contribution in [3.8, 4) is 0 Å². The standard InChI is InChI=1S/C14H26N2O3/c1-5-7-9-19-10-8-16-12(17)11(3)15-13(18)14(16,4)6-2/h11H,5-10H2,1-4H3,(H,15,18). The Morgan fingerprint density at radius 2 is 2.00 bits per heavy atom. The van der Waals surface area contributed by atoms with Crippen molar-refractivity contribution in [2.24, 2.45) is 0 Å². The quantitative estimate of drug-likeness (QED) is 0.710. The van der Waals surface area contributed by atoms with Crippen LogP contribution < -0.4 is 5.32 Å². The summed E-state index contributed by atoms with van der Waals surface area (Å²) in [5, 5.41) is 2.74. The molecule has 5 heteroatoms. The Morgan fingerprint density at radius 1 is 1.32 bits per heavy atom. The molecule has 0 spiro atoms. The summed E-state index contributed by atoms with van der Waals surface area (Å²) in [4.78, 5) is 26.0.